The van der Waals surface area contributed by atoms with Gasteiger partial charge in [-0.25, -0.2) is 5.01 Å². The summed E-state index contributed by atoms with van der Waals surface area (Å²) in [6.45, 7) is 1.25. The largest absolute Gasteiger partial charge is 0.292 e. The van der Waals surface area contributed by atoms with E-state index in [2.05, 4.69) is 31.9 Å². The van der Waals surface area contributed by atoms with Crippen LogP contribution in [0.1, 0.15) is 32.7 Å². The number of para-hydroxylation sites is 1. The molecule has 9 nitrogen and oxygen atoms in total. The number of carbonyl (C=O) groups excluding carboxylic acids is 4. The van der Waals surface area contributed by atoms with Gasteiger partial charge in [-0.15, -0.1) is 0 Å². The van der Waals surface area contributed by atoms with Gasteiger partial charge in [-0.1, -0.05) is 73.8 Å². The molecule has 0 unspecified atom stereocenters. The molecule has 186 valence electrons. The van der Waals surface area contributed by atoms with Crippen LogP contribution in [0.25, 0.3) is 0 Å². The van der Waals surface area contributed by atoms with E-state index in [-0.39, 0.29) is 27.1 Å². The molecule has 11 heteroatoms. The minimum Gasteiger partial charge on any atom is -0.292 e. The molecule has 0 aromatic heterocycles. The van der Waals surface area contributed by atoms with E-state index in [9.17, 15) is 29.3 Å². The van der Waals surface area contributed by atoms with Crippen LogP contribution in [0.15, 0.2) is 48.5 Å². The Balaban J connectivity index is 1.55. The molecule has 3 aliphatic rings. The summed E-state index contributed by atoms with van der Waals surface area (Å²) in [7, 11) is 0. The Bertz CT molecular complexity index is 1270. The highest BCUT2D eigenvalue weighted by Crippen LogP contribution is 2.60. The number of hydrogen-bond donors (Lipinski definition) is 0. The number of nitrogens with zero attached hydrogens (tertiary/aromatic N) is 3. The van der Waals surface area contributed by atoms with E-state index >= 15 is 0 Å². The van der Waals surface area contributed by atoms with Crippen molar-refractivity contribution >= 4 is 61.1 Å². The van der Waals surface area contributed by atoms with Crippen LogP contribution in [0, 0.1) is 40.7 Å². The van der Waals surface area contributed by atoms with Gasteiger partial charge in [0.05, 0.1) is 16.8 Å². The zero-order chi connectivity index (χ0) is 25.9. The van der Waals surface area contributed by atoms with Crippen molar-refractivity contribution in [1.82, 2.24) is 10.0 Å². The molecule has 0 N–H and O–H groups in total. The SMILES string of the molecule is Cc1ccc(C(=O)CN(C(=O)c2ccccc2[N+](=O)[O-])N2C(=O)[C@@H]3[C@H]4C[C@@H]([C@H](Br)[C@@H]4Br)[C@@H]3C2=O)cc1. The summed E-state index contributed by atoms with van der Waals surface area (Å²) in [5, 5.41) is 13.2. The molecule has 3 fully saturated rings. The number of Topliss-reactive ketones (excluding diaryl/α,β-unsaturated/α-hetero) is 1. The maximum absolute atomic E-state index is 13.7. The van der Waals surface area contributed by atoms with Crippen molar-refractivity contribution in [2.45, 2.75) is 23.0 Å². The predicted molar refractivity (Wildman–Crippen MR) is 136 cm³/mol. The van der Waals surface area contributed by atoms with Gasteiger partial charge < -0.3 is 0 Å². The Kier molecular flexibility index (Phi) is 6.32. The molecule has 5 rings (SSSR count). The van der Waals surface area contributed by atoms with Gasteiger partial charge in [-0.3, -0.25) is 29.3 Å². The van der Waals surface area contributed by atoms with Crippen molar-refractivity contribution in [2.75, 3.05) is 6.54 Å². The lowest BCUT2D eigenvalue weighted by Gasteiger charge is -2.30. The lowest BCUT2D eigenvalue weighted by Crippen LogP contribution is -2.52. The Labute approximate surface area is 223 Å². The molecule has 2 aromatic rings. The number of halogens is 2. The molecule has 2 aromatic carbocycles. The van der Waals surface area contributed by atoms with Crippen molar-refractivity contribution in [3.05, 3.63) is 75.3 Å². The van der Waals surface area contributed by atoms with E-state index < -0.39 is 52.5 Å². The van der Waals surface area contributed by atoms with E-state index in [1.54, 1.807) is 24.3 Å². The molecule has 2 bridgehead atoms. The molecule has 36 heavy (non-hydrogen) atoms. The maximum atomic E-state index is 13.7. The van der Waals surface area contributed by atoms with Crippen LogP contribution >= 0.6 is 31.9 Å². The summed E-state index contributed by atoms with van der Waals surface area (Å²) >= 11 is 7.26. The highest BCUT2D eigenvalue weighted by molar-refractivity contribution is 9.12. The molecule has 2 aliphatic carbocycles. The Morgan fingerprint density at radius 1 is 1.00 bits per heavy atom. The van der Waals surface area contributed by atoms with E-state index in [4.69, 9.17) is 0 Å². The normalized spacial score (nSPS) is 28.4. The number of rotatable bonds is 6. The lowest BCUT2D eigenvalue weighted by atomic mass is 9.81. The summed E-state index contributed by atoms with van der Waals surface area (Å²) in [6.07, 6.45) is 0.701. The van der Waals surface area contributed by atoms with Crippen LogP contribution in [-0.4, -0.2) is 54.6 Å². The first-order chi connectivity index (χ1) is 17.1. The number of benzene rings is 2. The number of hydrazine groups is 1. The molecule has 0 radical (unpaired) electrons. The van der Waals surface area contributed by atoms with E-state index in [1.165, 1.54) is 24.3 Å². The van der Waals surface area contributed by atoms with Crippen molar-refractivity contribution in [3.8, 4) is 0 Å². The molecule has 3 amide bonds. The second kappa shape index (κ2) is 9.19. The molecule has 1 aliphatic heterocycles. The van der Waals surface area contributed by atoms with E-state index in [1.807, 2.05) is 6.92 Å². The standard InChI is InChI=1S/C25H21Br2N3O6/c1-12-6-8-13(9-7-12)18(31)11-28(23(32)14-4-2-3-5-17(14)30(35)36)29-24(33)19-15-10-16(20(19)25(29)34)22(27)21(15)26/h2-9,15-16,19-22H,10-11H2,1H3/t15-,16-,19-,20+,21-,22+/m1/s1. The van der Waals surface area contributed by atoms with Crippen molar-refractivity contribution in [3.63, 3.8) is 0 Å². The minimum atomic E-state index is -0.956. The van der Waals surface area contributed by atoms with Gasteiger partial charge in [0.15, 0.2) is 5.78 Å². The number of nitro benzene ring substituents is 1. The first-order valence-electron chi connectivity index (χ1n) is 11.4. The van der Waals surface area contributed by atoms with Crippen molar-refractivity contribution in [2.24, 2.45) is 23.7 Å². The third-order valence-corrected chi connectivity index (χ3v) is 10.6. The van der Waals surface area contributed by atoms with Crippen LogP contribution in [-0.2, 0) is 9.59 Å². The highest BCUT2D eigenvalue weighted by Gasteiger charge is 2.67. The van der Waals surface area contributed by atoms with Crippen LogP contribution < -0.4 is 0 Å². The first kappa shape index (κ1) is 24.8. The number of imide groups is 1. The number of aryl methyl sites for hydroxylation is 1. The topological polar surface area (TPSA) is 118 Å². The number of amides is 3. The summed E-state index contributed by atoms with van der Waals surface area (Å²) < 4.78 is 0. The monoisotopic (exact) mass is 617 g/mol. The third kappa shape index (κ3) is 3.80. The van der Waals surface area contributed by atoms with Gasteiger partial charge in [0.25, 0.3) is 23.4 Å². The molecule has 1 saturated heterocycles. The van der Waals surface area contributed by atoms with Gasteiger partial charge in [-0.05, 0) is 31.2 Å². The fourth-order valence-electron chi connectivity index (χ4n) is 5.72. The van der Waals surface area contributed by atoms with Gasteiger partial charge in [-0.2, -0.15) is 5.01 Å². The molecular formula is C25H21Br2N3O6. The molecule has 1 heterocycles. The van der Waals surface area contributed by atoms with E-state index in [0.29, 0.717) is 12.0 Å². The molecule has 0 spiro atoms. The maximum Gasteiger partial charge on any atom is 0.282 e. The average molecular weight is 619 g/mol. The number of nitro groups is 1. The minimum absolute atomic E-state index is 0.00555. The average Bonchev–Trinajstić information content (AvgIpc) is 3.47. The van der Waals surface area contributed by atoms with Gasteiger partial charge in [0.2, 0.25) is 0 Å². The quantitative estimate of drug-likeness (QED) is 0.159. The Morgan fingerprint density at radius 2 is 1.56 bits per heavy atom. The fraction of sp³-hybridized carbons (Fsp3) is 0.360. The van der Waals surface area contributed by atoms with Crippen molar-refractivity contribution in [1.29, 1.82) is 0 Å². The van der Waals surface area contributed by atoms with Crippen molar-refractivity contribution < 1.29 is 24.1 Å². The second-order valence-corrected chi connectivity index (χ2v) is 11.5. The van der Waals surface area contributed by atoms with Crippen LogP contribution in [0.2, 0.25) is 0 Å². The number of ketones is 1. The van der Waals surface area contributed by atoms with Crippen LogP contribution in [0.3, 0.4) is 0 Å². The zero-order valence-electron chi connectivity index (χ0n) is 19.0. The smallest absolute Gasteiger partial charge is 0.282 e. The predicted octanol–water partition coefficient (Wildman–Crippen LogP) is 3.92. The molecule has 6 atom stereocenters. The lowest BCUT2D eigenvalue weighted by molar-refractivity contribution is -0.385. The van der Waals surface area contributed by atoms with Gasteiger partial charge in [0, 0.05) is 21.3 Å². The number of alkyl halides is 2. The zero-order valence-corrected chi connectivity index (χ0v) is 22.2. The summed E-state index contributed by atoms with van der Waals surface area (Å²) in [5.41, 5.74) is 0.440. The summed E-state index contributed by atoms with van der Waals surface area (Å²) in [6, 6.07) is 12.0. The van der Waals surface area contributed by atoms with Crippen LogP contribution in [0.5, 0.6) is 0 Å². The fourth-order valence-corrected chi connectivity index (χ4v) is 7.60. The van der Waals surface area contributed by atoms with E-state index in [0.717, 1.165) is 15.6 Å². The highest BCUT2D eigenvalue weighted by atomic mass is 79.9. The Hall–Kier alpha value is -2.92. The van der Waals surface area contributed by atoms with Gasteiger partial charge >= 0.3 is 0 Å². The van der Waals surface area contributed by atoms with Gasteiger partial charge in [0.1, 0.15) is 12.1 Å². The first-order valence-corrected chi connectivity index (χ1v) is 13.3. The molecule has 2 saturated carbocycles. The number of carbonyl (C=O) groups is 4. The summed E-state index contributed by atoms with van der Waals surface area (Å²) in [5.74, 6) is -3.98. The van der Waals surface area contributed by atoms with Crippen LogP contribution in [0.4, 0.5) is 5.69 Å². The second-order valence-electron chi connectivity index (χ2n) is 9.42. The number of hydrogen-bond acceptors (Lipinski definition) is 6. The third-order valence-electron chi connectivity index (χ3n) is 7.44. The molecular weight excluding hydrogens is 598 g/mol. The number of fused-ring (bicyclic) bond motifs is 5. The Morgan fingerprint density at radius 3 is 2.11 bits per heavy atom. The summed E-state index contributed by atoms with van der Waals surface area (Å²) in [4.78, 5) is 65.0.